The molecular formula is C12H20OS. The second-order valence-electron chi connectivity index (χ2n) is 4.52. The third-order valence-electron chi connectivity index (χ3n) is 3.59. The molecule has 1 fully saturated rings. The Morgan fingerprint density at radius 1 is 1.43 bits per heavy atom. The number of allylic oxidation sites excluding steroid dienone is 1. The van der Waals surface area contributed by atoms with E-state index in [1.54, 1.807) is 0 Å². The molecule has 1 N–H and O–H groups in total. The van der Waals surface area contributed by atoms with Gasteiger partial charge in [-0.3, -0.25) is 0 Å². The number of rotatable bonds is 1. The minimum Gasteiger partial charge on any atom is -0.384 e. The molecule has 0 spiro atoms. The Morgan fingerprint density at radius 2 is 2.29 bits per heavy atom. The van der Waals surface area contributed by atoms with E-state index >= 15 is 0 Å². The summed E-state index contributed by atoms with van der Waals surface area (Å²) in [5.74, 6) is 1.22. The summed E-state index contributed by atoms with van der Waals surface area (Å²) in [6, 6.07) is 0. The Labute approximate surface area is 91.0 Å². The molecule has 2 atom stereocenters. The molecule has 1 heterocycles. The summed E-state index contributed by atoms with van der Waals surface area (Å²) >= 11 is 1.93. The van der Waals surface area contributed by atoms with Crippen molar-refractivity contribution in [2.24, 2.45) is 0 Å². The Kier molecular flexibility index (Phi) is 3.23. The van der Waals surface area contributed by atoms with E-state index in [-0.39, 0.29) is 0 Å². The van der Waals surface area contributed by atoms with E-state index in [9.17, 15) is 5.11 Å². The number of hydrogen-bond donors (Lipinski definition) is 1. The van der Waals surface area contributed by atoms with Gasteiger partial charge in [0, 0.05) is 5.25 Å². The Morgan fingerprint density at radius 3 is 2.93 bits per heavy atom. The van der Waals surface area contributed by atoms with Gasteiger partial charge in [0.25, 0.3) is 0 Å². The van der Waals surface area contributed by atoms with Gasteiger partial charge in [0.15, 0.2) is 0 Å². The van der Waals surface area contributed by atoms with Crippen molar-refractivity contribution in [2.45, 2.75) is 56.3 Å². The van der Waals surface area contributed by atoms with E-state index in [4.69, 9.17) is 0 Å². The highest BCUT2D eigenvalue weighted by atomic mass is 32.2. The lowest BCUT2D eigenvalue weighted by Crippen LogP contribution is -2.43. The van der Waals surface area contributed by atoms with Crippen LogP contribution in [-0.2, 0) is 0 Å². The number of hydrogen-bond acceptors (Lipinski definition) is 2. The zero-order valence-electron chi connectivity index (χ0n) is 8.96. The fourth-order valence-electron chi connectivity index (χ4n) is 2.60. The summed E-state index contributed by atoms with van der Waals surface area (Å²) in [4.78, 5) is 0. The van der Waals surface area contributed by atoms with Crippen LogP contribution in [0.3, 0.4) is 0 Å². The summed E-state index contributed by atoms with van der Waals surface area (Å²) in [5, 5.41) is 11.1. The van der Waals surface area contributed by atoms with E-state index in [0.29, 0.717) is 5.25 Å². The second kappa shape index (κ2) is 4.28. The molecular weight excluding hydrogens is 192 g/mol. The zero-order valence-corrected chi connectivity index (χ0v) is 9.78. The third kappa shape index (κ3) is 1.87. The number of aliphatic hydroxyl groups is 1. The van der Waals surface area contributed by atoms with E-state index in [0.717, 1.165) is 12.8 Å². The maximum atomic E-state index is 10.7. The van der Waals surface area contributed by atoms with Gasteiger partial charge in [-0.15, -0.1) is 0 Å². The fourth-order valence-corrected chi connectivity index (χ4v) is 3.81. The van der Waals surface area contributed by atoms with Gasteiger partial charge in [-0.05, 0) is 49.9 Å². The van der Waals surface area contributed by atoms with Crippen LogP contribution in [0.25, 0.3) is 0 Å². The largest absolute Gasteiger partial charge is 0.384 e. The third-order valence-corrected chi connectivity index (χ3v) is 5.00. The van der Waals surface area contributed by atoms with Gasteiger partial charge in [0.05, 0.1) is 5.60 Å². The number of thioether (sulfide) groups is 1. The molecule has 0 amide bonds. The zero-order chi connectivity index (χ0) is 10.0. The summed E-state index contributed by atoms with van der Waals surface area (Å²) in [6.07, 6.45) is 9.32. The summed E-state index contributed by atoms with van der Waals surface area (Å²) in [6.45, 7) is 2.18. The van der Waals surface area contributed by atoms with E-state index < -0.39 is 5.60 Å². The molecule has 2 heteroatoms. The van der Waals surface area contributed by atoms with Crippen LogP contribution in [0.1, 0.15) is 45.4 Å². The minimum absolute atomic E-state index is 0.389. The molecule has 14 heavy (non-hydrogen) atoms. The molecule has 2 unspecified atom stereocenters. The van der Waals surface area contributed by atoms with Crippen molar-refractivity contribution in [1.29, 1.82) is 0 Å². The lowest BCUT2D eigenvalue weighted by Gasteiger charge is -2.40. The van der Waals surface area contributed by atoms with Crippen molar-refractivity contribution >= 4 is 11.8 Å². The lowest BCUT2D eigenvalue weighted by molar-refractivity contribution is 0.0615. The van der Waals surface area contributed by atoms with Crippen LogP contribution >= 0.6 is 11.8 Å². The molecule has 1 aliphatic carbocycles. The predicted octanol–water partition coefficient (Wildman–Crippen LogP) is 3.13. The molecule has 0 aromatic heterocycles. The molecule has 1 saturated heterocycles. The van der Waals surface area contributed by atoms with Crippen LogP contribution in [0.4, 0.5) is 0 Å². The topological polar surface area (TPSA) is 20.2 Å². The molecule has 2 aliphatic rings. The lowest BCUT2D eigenvalue weighted by atomic mass is 9.80. The van der Waals surface area contributed by atoms with Crippen LogP contribution in [-0.4, -0.2) is 21.7 Å². The van der Waals surface area contributed by atoms with Gasteiger partial charge < -0.3 is 5.11 Å². The van der Waals surface area contributed by atoms with Crippen LogP contribution in [0.2, 0.25) is 0 Å². The molecule has 0 aromatic rings. The van der Waals surface area contributed by atoms with Crippen molar-refractivity contribution in [3.05, 3.63) is 11.6 Å². The molecule has 0 saturated carbocycles. The highest BCUT2D eigenvalue weighted by molar-refractivity contribution is 8.00. The molecule has 1 nitrogen and oxygen atoms in total. The monoisotopic (exact) mass is 212 g/mol. The molecule has 0 bridgehead atoms. The Balaban J connectivity index is 2.15. The van der Waals surface area contributed by atoms with E-state index in [2.05, 4.69) is 13.0 Å². The molecule has 80 valence electrons. The van der Waals surface area contributed by atoms with Crippen molar-refractivity contribution in [1.82, 2.24) is 0 Å². The highest BCUT2D eigenvalue weighted by Gasteiger charge is 2.39. The standard InChI is InChI=1S/C12H20OS/c1-10-12(13,8-5-9-14-10)11-6-3-2-4-7-11/h6,10,13H,2-5,7-9H2,1H3. The van der Waals surface area contributed by atoms with Gasteiger partial charge in [0.1, 0.15) is 0 Å². The van der Waals surface area contributed by atoms with Gasteiger partial charge in [0.2, 0.25) is 0 Å². The average molecular weight is 212 g/mol. The molecule has 0 aromatic carbocycles. The normalized spacial score (nSPS) is 39.3. The maximum Gasteiger partial charge on any atom is 0.0972 e. The summed E-state index contributed by atoms with van der Waals surface area (Å²) in [7, 11) is 0. The molecule has 0 radical (unpaired) electrons. The average Bonchev–Trinajstić information content (AvgIpc) is 2.24. The van der Waals surface area contributed by atoms with Crippen LogP contribution < -0.4 is 0 Å². The predicted molar refractivity (Wildman–Crippen MR) is 62.7 cm³/mol. The van der Waals surface area contributed by atoms with Gasteiger partial charge in [-0.1, -0.05) is 13.0 Å². The van der Waals surface area contributed by atoms with Crippen LogP contribution in [0.15, 0.2) is 11.6 Å². The first-order chi connectivity index (χ1) is 6.73. The highest BCUT2D eigenvalue weighted by Crippen LogP contribution is 2.41. The SMILES string of the molecule is CC1SCCCC1(O)C1=CCCCC1. The maximum absolute atomic E-state index is 10.7. The van der Waals surface area contributed by atoms with Crippen molar-refractivity contribution in [3.8, 4) is 0 Å². The van der Waals surface area contributed by atoms with E-state index in [1.807, 2.05) is 11.8 Å². The van der Waals surface area contributed by atoms with E-state index in [1.165, 1.54) is 37.0 Å². The van der Waals surface area contributed by atoms with Crippen molar-refractivity contribution in [2.75, 3.05) is 5.75 Å². The first kappa shape index (κ1) is 10.6. The second-order valence-corrected chi connectivity index (χ2v) is 5.96. The summed E-state index contributed by atoms with van der Waals surface area (Å²) in [5.41, 5.74) is 0.868. The summed E-state index contributed by atoms with van der Waals surface area (Å²) < 4.78 is 0. The Hall–Kier alpha value is 0.0500. The first-order valence-electron chi connectivity index (χ1n) is 5.77. The van der Waals surface area contributed by atoms with Gasteiger partial charge in [-0.2, -0.15) is 11.8 Å². The molecule has 1 aliphatic heterocycles. The smallest absolute Gasteiger partial charge is 0.0972 e. The van der Waals surface area contributed by atoms with Crippen LogP contribution in [0.5, 0.6) is 0 Å². The van der Waals surface area contributed by atoms with Crippen LogP contribution in [0, 0.1) is 0 Å². The first-order valence-corrected chi connectivity index (χ1v) is 6.82. The quantitative estimate of drug-likeness (QED) is 0.674. The van der Waals surface area contributed by atoms with Gasteiger partial charge >= 0.3 is 0 Å². The molecule has 2 rings (SSSR count). The van der Waals surface area contributed by atoms with Crippen molar-refractivity contribution < 1.29 is 5.11 Å². The van der Waals surface area contributed by atoms with Gasteiger partial charge in [-0.25, -0.2) is 0 Å². The minimum atomic E-state index is -0.469. The fraction of sp³-hybridized carbons (Fsp3) is 0.833. The Bertz CT molecular complexity index is 236. The van der Waals surface area contributed by atoms with Crippen molar-refractivity contribution in [3.63, 3.8) is 0 Å².